The van der Waals surface area contributed by atoms with Crippen molar-refractivity contribution in [2.45, 2.75) is 24.1 Å². The zero-order valence-corrected chi connectivity index (χ0v) is 18.5. The number of amides is 2. The lowest BCUT2D eigenvalue weighted by atomic mass is 10.2. The number of thioether (sulfide) groups is 1. The number of pyridine rings is 1. The number of piperazine rings is 1. The van der Waals surface area contributed by atoms with Gasteiger partial charge in [-0.05, 0) is 31.7 Å². The number of nitriles is 1. The number of carbonyl (C=O) groups is 2. The summed E-state index contributed by atoms with van der Waals surface area (Å²) in [6.07, 6.45) is 0. The Bertz CT molecular complexity index is 983. The van der Waals surface area contributed by atoms with Gasteiger partial charge < -0.3 is 20.9 Å². The van der Waals surface area contributed by atoms with Gasteiger partial charge in [-0.15, -0.1) is 0 Å². The molecule has 0 bridgehead atoms. The number of para-hydroxylation sites is 1. The highest BCUT2D eigenvalue weighted by atomic mass is 32.2. The number of likely N-dealkylation sites (N-methyl/N-ethyl adjacent to an activating group) is 1. The Morgan fingerprint density at radius 3 is 2.55 bits per heavy atom. The molecule has 3 rings (SSSR count). The summed E-state index contributed by atoms with van der Waals surface area (Å²) >= 11 is 1.19. The summed E-state index contributed by atoms with van der Waals surface area (Å²) in [5.41, 5.74) is 6.99. The number of carbonyl (C=O) groups excluding carboxylic acids is 2. The van der Waals surface area contributed by atoms with E-state index in [9.17, 15) is 14.9 Å². The van der Waals surface area contributed by atoms with E-state index in [0.29, 0.717) is 23.8 Å². The molecule has 1 aliphatic rings. The predicted octanol–water partition coefficient (Wildman–Crippen LogP) is 2.43. The standard InChI is InChI=1S/C22H26N6O2S/c1-3-27-9-11-28(12-10-27)22(30)15(2)31-21-16(14-23)13-18(19(24)26-21)20(29)25-17-7-5-4-6-8-17/h4-8,13,15H,3,9-12H2,1-2H3,(H2,24,26)(H,25,29). The fourth-order valence-corrected chi connectivity index (χ4v) is 4.31. The first-order chi connectivity index (χ1) is 14.9. The molecule has 31 heavy (non-hydrogen) atoms. The molecule has 0 saturated carbocycles. The average Bonchev–Trinajstić information content (AvgIpc) is 2.79. The van der Waals surface area contributed by atoms with Crippen LogP contribution in [-0.4, -0.2) is 64.6 Å². The number of nitrogens with one attached hydrogen (secondary N) is 1. The van der Waals surface area contributed by atoms with E-state index in [2.05, 4.69) is 28.2 Å². The van der Waals surface area contributed by atoms with Crippen molar-refractivity contribution in [3.63, 3.8) is 0 Å². The lowest BCUT2D eigenvalue weighted by Crippen LogP contribution is -2.50. The Morgan fingerprint density at radius 1 is 1.26 bits per heavy atom. The van der Waals surface area contributed by atoms with Gasteiger partial charge in [0.1, 0.15) is 16.9 Å². The van der Waals surface area contributed by atoms with Crippen LogP contribution in [0.2, 0.25) is 0 Å². The van der Waals surface area contributed by atoms with Gasteiger partial charge in [-0.3, -0.25) is 9.59 Å². The molecule has 1 unspecified atom stereocenters. The second-order valence-corrected chi connectivity index (χ2v) is 8.55. The highest BCUT2D eigenvalue weighted by molar-refractivity contribution is 8.00. The number of hydrogen-bond donors (Lipinski definition) is 2. The number of benzene rings is 1. The van der Waals surface area contributed by atoms with Gasteiger partial charge in [0.25, 0.3) is 5.91 Å². The van der Waals surface area contributed by atoms with Crippen molar-refractivity contribution in [1.82, 2.24) is 14.8 Å². The zero-order valence-electron chi connectivity index (χ0n) is 17.7. The van der Waals surface area contributed by atoms with Gasteiger partial charge in [-0.25, -0.2) is 4.98 Å². The van der Waals surface area contributed by atoms with Crippen molar-refractivity contribution < 1.29 is 9.59 Å². The first-order valence-electron chi connectivity index (χ1n) is 10.2. The second kappa shape index (κ2) is 10.3. The normalized spacial score (nSPS) is 15.2. The van der Waals surface area contributed by atoms with Crippen molar-refractivity contribution in [3.05, 3.63) is 47.5 Å². The third-order valence-corrected chi connectivity index (χ3v) is 6.27. The summed E-state index contributed by atoms with van der Waals surface area (Å²) in [6.45, 7) is 7.99. The molecular weight excluding hydrogens is 412 g/mol. The van der Waals surface area contributed by atoms with Gasteiger partial charge in [-0.2, -0.15) is 5.26 Å². The minimum atomic E-state index is -0.442. The lowest BCUT2D eigenvalue weighted by Gasteiger charge is -2.35. The molecule has 2 amide bonds. The Balaban J connectivity index is 1.72. The third kappa shape index (κ3) is 5.54. The van der Waals surface area contributed by atoms with Gasteiger partial charge in [0.05, 0.1) is 16.4 Å². The van der Waals surface area contributed by atoms with E-state index < -0.39 is 11.2 Å². The van der Waals surface area contributed by atoms with Gasteiger partial charge >= 0.3 is 0 Å². The molecule has 1 aromatic carbocycles. The summed E-state index contributed by atoms with van der Waals surface area (Å²) in [7, 11) is 0. The van der Waals surface area contributed by atoms with Crippen LogP contribution >= 0.6 is 11.8 Å². The van der Waals surface area contributed by atoms with Gasteiger partial charge in [0.2, 0.25) is 5.91 Å². The molecule has 1 fully saturated rings. The number of hydrogen-bond acceptors (Lipinski definition) is 7. The minimum absolute atomic E-state index is 0.0101. The largest absolute Gasteiger partial charge is 0.383 e. The fourth-order valence-electron chi connectivity index (χ4n) is 3.34. The second-order valence-electron chi connectivity index (χ2n) is 7.23. The first-order valence-corrected chi connectivity index (χ1v) is 11.1. The Hall–Kier alpha value is -3.09. The van der Waals surface area contributed by atoms with Gasteiger partial charge in [0, 0.05) is 31.9 Å². The smallest absolute Gasteiger partial charge is 0.259 e. The first kappa shape index (κ1) is 22.6. The van der Waals surface area contributed by atoms with Crippen molar-refractivity contribution in [1.29, 1.82) is 5.26 Å². The van der Waals surface area contributed by atoms with E-state index in [0.717, 1.165) is 19.6 Å². The summed E-state index contributed by atoms with van der Waals surface area (Å²) in [4.78, 5) is 33.9. The molecule has 1 aromatic heterocycles. The van der Waals surface area contributed by atoms with E-state index in [1.54, 1.807) is 31.2 Å². The summed E-state index contributed by atoms with van der Waals surface area (Å²) < 4.78 is 0. The van der Waals surface area contributed by atoms with Crippen LogP contribution in [0.25, 0.3) is 0 Å². The summed E-state index contributed by atoms with van der Waals surface area (Å²) in [5.74, 6) is -0.413. The van der Waals surface area contributed by atoms with Crippen LogP contribution in [0.15, 0.2) is 41.4 Å². The molecule has 1 atom stereocenters. The number of nitrogens with zero attached hydrogens (tertiary/aromatic N) is 4. The highest BCUT2D eigenvalue weighted by Crippen LogP contribution is 2.29. The lowest BCUT2D eigenvalue weighted by molar-refractivity contribution is -0.132. The van der Waals surface area contributed by atoms with Crippen molar-refractivity contribution in [2.75, 3.05) is 43.8 Å². The van der Waals surface area contributed by atoms with Crippen LogP contribution in [0.1, 0.15) is 29.8 Å². The number of anilines is 2. The highest BCUT2D eigenvalue weighted by Gasteiger charge is 2.27. The van der Waals surface area contributed by atoms with E-state index in [-0.39, 0.29) is 22.9 Å². The minimum Gasteiger partial charge on any atom is -0.383 e. The average molecular weight is 439 g/mol. The molecule has 3 N–H and O–H groups in total. The van der Waals surface area contributed by atoms with Gasteiger partial charge in [0.15, 0.2) is 0 Å². The fraction of sp³-hybridized carbons (Fsp3) is 0.364. The maximum absolute atomic E-state index is 12.8. The molecule has 162 valence electrons. The molecule has 0 aliphatic carbocycles. The maximum Gasteiger partial charge on any atom is 0.259 e. The van der Waals surface area contributed by atoms with Crippen molar-refractivity contribution in [3.8, 4) is 6.07 Å². The molecule has 2 aromatic rings. The van der Waals surface area contributed by atoms with Crippen molar-refractivity contribution >= 4 is 35.1 Å². The SMILES string of the molecule is CCN1CCN(C(=O)C(C)Sc2nc(N)c(C(=O)Nc3ccccc3)cc2C#N)CC1. The van der Waals surface area contributed by atoms with E-state index >= 15 is 0 Å². The van der Waals surface area contributed by atoms with Crippen LogP contribution in [0.5, 0.6) is 0 Å². The molecule has 2 heterocycles. The number of rotatable bonds is 6. The van der Waals surface area contributed by atoms with Gasteiger partial charge in [-0.1, -0.05) is 36.9 Å². The molecule has 0 spiro atoms. The number of nitrogen functional groups attached to an aromatic ring is 1. The quantitative estimate of drug-likeness (QED) is 0.666. The van der Waals surface area contributed by atoms with Crippen LogP contribution in [-0.2, 0) is 4.79 Å². The Labute approximate surface area is 186 Å². The molecule has 9 heteroatoms. The van der Waals surface area contributed by atoms with Crippen molar-refractivity contribution in [2.24, 2.45) is 0 Å². The van der Waals surface area contributed by atoms with Crippen LogP contribution < -0.4 is 11.1 Å². The monoisotopic (exact) mass is 438 g/mol. The number of aromatic nitrogens is 1. The van der Waals surface area contributed by atoms with E-state index in [1.807, 2.05) is 11.0 Å². The molecular formula is C22H26N6O2S. The van der Waals surface area contributed by atoms with E-state index in [1.165, 1.54) is 17.8 Å². The van der Waals surface area contributed by atoms with E-state index in [4.69, 9.17) is 5.73 Å². The number of nitrogens with two attached hydrogens (primary N) is 1. The molecule has 0 radical (unpaired) electrons. The molecule has 8 nitrogen and oxygen atoms in total. The predicted molar refractivity (Wildman–Crippen MR) is 122 cm³/mol. The van der Waals surface area contributed by atoms with Crippen LogP contribution in [0.3, 0.4) is 0 Å². The van der Waals surface area contributed by atoms with Crippen LogP contribution in [0, 0.1) is 11.3 Å². The summed E-state index contributed by atoms with van der Waals surface area (Å²) in [6, 6.07) is 12.5. The molecule has 1 saturated heterocycles. The maximum atomic E-state index is 12.8. The Kier molecular flexibility index (Phi) is 7.50. The third-order valence-electron chi connectivity index (χ3n) is 5.18. The summed E-state index contributed by atoms with van der Waals surface area (Å²) in [5, 5.41) is 12.3. The Morgan fingerprint density at radius 2 is 1.94 bits per heavy atom. The topological polar surface area (TPSA) is 115 Å². The zero-order chi connectivity index (χ0) is 22.4. The molecule has 1 aliphatic heterocycles. The van der Waals surface area contributed by atoms with Crippen LogP contribution in [0.4, 0.5) is 11.5 Å².